The molecule has 0 spiro atoms. The van der Waals surface area contributed by atoms with Crippen molar-refractivity contribution >= 4 is 29.7 Å². The lowest BCUT2D eigenvalue weighted by Gasteiger charge is -2.24. The predicted octanol–water partition coefficient (Wildman–Crippen LogP) is 7.35. The Morgan fingerprint density at radius 2 is 1.58 bits per heavy atom. The van der Waals surface area contributed by atoms with Gasteiger partial charge in [-0.25, -0.2) is 0 Å². The number of hydrogen-bond donors (Lipinski definition) is 0. The third kappa shape index (κ3) is 10.9. The lowest BCUT2D eigenvalue weighted by molar-refractivity contribution is 0.100. The monoisotopic (exact) mass is 384 g/mol. The molecule has 0 aromatic heterocycles. The normalized spacial score (nSPS) is 13.7. The molecule has 1 atom stereocenters. The van der Waals surface area contributed by atoms with Crippen LogP contribution in [-0.4, -0.2) is 20.1 Å². The summed E-state index contributed by atoms with van der Waals surface area (Å²) in [5.41, 5.74) is 1.76. The summed E-state index contributed by atoms with van der Waals surface area (Å²) in [5, 5.41) is 0. The van der Waals surface area contributed by atoms with Gasteiger partial charge in [0.1, 0.15) is 5.44 Å². The Morgan fingerprint density at radius 1 is 0.958 bits per heavy atom. The molecule has 1 aromatic carbocycles. The maximum Gasteiger partial charge on any atom is 0.111 e. The molecule has 1 nitrogen and oxygen atoms in total. The maximum atomic E-state index is 6.17. The molecule has 0 bridgehead atoms. The first-order valence-electron chi connectivity index (χ1n) is 9.19. The highest BCUT2D eigenvalue weighted by Crippen LogP contribution is 2.38. The van der Waals surface area contributed by atoms with E-state index in [1.165, 1.54) is 29.3 Å². The van der Waals surface area contributed by atoms with Crippen molar-refractivity contribution in [3.8, 4) is 0 Å². The van der Waals surface area contributed by atoms with Crippen molar-refractivity contribution in [1.82, 2.24) is 0 Å². The smallest absolute Gasteiger partial charge is 0.111 e. The molecule has 1 unspecified atom stereocenters. The molecule has 0 fully saturated rings. The van der Waals surface area contributed by atoms with Gasteiger partial charge in [-0.3, -0.25) is 0 Å². The molecule has 0 amide bonds. The SMILES string of the molecule is CC(C)CCc1ccc(SSC(C[Si](C)(C)C)OCC(C)C)cc1. The second-order valence-electron chi connectivity index (χ2n) is 8.68. The first-order valence-corrected chi connectivity index (χ1v) is 15.1. The summed E-state index contributed by atoms with van der Waals surface area (Å²) in [6.07, 6.45) is 2.45. The van der Waals surface area contributed by atoms with E-state index in [0.717, 1.165) is 12.5 Å². The molecule has 0 heterocycles. The van der Waals surface area contributed by atoms with Crippen molar-refractivity contribution in [3.63, 3.8) is 0 Å². The number of hydrogen-bond acceptors (Lipinski definition) is 3. The number of ether oxygens (including phenoxy) is 1. The summed E-state index contributed by atoms with van der Waals surface area (Å²) in [4.78, 5) is 1.34. The molecular weight excluding hydrogens is 348 g/mol. The third-order valence-electron chi connectivity index (χ3n) is 3.58. The van der Waals surface area contributed by atoms with E-state index < -0.39 is 8.07 Å². The van der Waals surface area contributed by atoms with Crippen LogP contribution in [0.4, 0.5) is 0 Å². The van der Waals surface area contributed by atoms with E-state index in [0.29, 0.717) is 11.4 Å². The Bertz CT molecular complexity index is 452. The van der Waals surface area contributed by atoms with E-state index in [4.69, 9.17) is 4.74 Å². The van der Waals surface area contributed by atoms with Crippen molar-refractivity contribution < 1.29 is 4.74 Å². The summed E-state index contributed by atoms with van der Waals surface area (Å²) in [6, 6.07) is 10.3. The molecular formula is C20H36OS2Si. The van der Waals surface area contributed by atoms with Crippen molar-refractivity contribution in [2.24, 2.45) is 11.8 Å². The Hall–Kier alpha value is 0.0969. The second kappa shape index (κ2) is 10.9. The number of rotatable bonds is 11. The fraction of sp³-hybridized carbons (Fsp3) is 0.700. The van der Waals surface area contributed by atoms with Crippen LogP contribution in [0.25, 0.3) is 0 Å². The zero-order valence-electron chi connectivity index (χ0n) is 16.6. The van der Waals surface area contributed by atoms with Crippen LogP contribution in [0.5, 0.6) is 0 Å². The minimum absolute atomic E-state index is 0.310. The van der Waals surface area contributed by atoms with Gasteiger partial charge < -0.3 is 4.74 Å². The average Bonchev–Trinajstić information content (AvgIpc) is 2.47. The summed E-state index contributed by atoms with van der Waals surface area (Å²) in [5.74, 6) is 1.37. The first kappa shape index (κ1) is 22.1. The fourth-order valence-corrected chi connectivity index (χ4v) is 7.45. The Balaban J connectivity index is 2.52. The molecule has 0 aliphatic heterocycles. The van der Waals surface area contributed by atoms with E-state index in [2.05, 4.69) is 71.6 Å². The van der Waals surface area contributed by atoms with Crippen LogP contribution in [0.15, 0.2) is 29.2 Å². The van der Waals surface area contributed by atoms with Crippen LogP contribution in [0.2, 0.25) is 25.7 Å². The van der Waals surface area contributed by atoms with Gasteiger partial charge >= 0.3 is 0 Å². The fourth-order valence-electron chi connectivity index (χ4n) is 2.20. The standard InChI is InChI=1S/C20H36OS2Si/c1-16(2)8-9-18-10-12-19(13-11-18)22-23-20(15-24(5,6)7)21-14-17(3)4/h10-13,16-17,20H,8-9,14-15H2,1-7H3. The number of benzene rings is 1. The predicted molar refractivity (Wildman–Crippen MR) is 116 cm³/mol. The summed E-state index contributed by atoms with van der Waals surface area (Å²) >= 11 is 0. The molecule has 1 rings (SSSR count). The summed E-state index contributed by atoms with van der Waals surface area (Å²) in [7, 11) is 2.64. The van der Waals surface area contributed by atoms with Crippen molar-refractivity contribution in [2.45, 2.75) is 76.6 Å². The van der Waals surface area contributed by atoms with Gasteiger partial charge in [-0.05, 0) is 48.4 Å². The van der Waals surface area contributed by atoms with Crippen LogP contribution < -0.4 is 0 Å². The zero-order chi connectivity index (χ0) is 18.2. The highest BCUT2D eigenvalue weighted by molar-refractivity contribution is 8.76. The van der Waals surface area contributed by atoms with Crippen molar-refractivity contribution in [1.29, 1.82) is 0 Å². The quantitative estimate of drug-likeness (QED) is 0.224. The molecule has 0 aliphatic rings. The largest absolute Gasteiger partial charge is 0.367 e. The Labute approximate surface area is 159 Å². The highest BCUT2D eigenvalue weighted by atomic mass is 33.1. The first-order chi connectivity index (χ1) is 11.2. The van der Waals surface area contributed by atoms with E-state index in [-0.39, 0.29) is 0 Å². The molecule has 138 valence electrons. The van der Waals surface area contributed by atoms with Gasteiger partial charge in [0.15, 0.2) is 0 Å². The maximum absolute atomic E-state index is 6.17. The van der Waals surface area contributed by atoms with E-state index >= 15 is 0 Å². The van der Waals surface area contributed by atoms with Gasteiger partial charge in [0, 0.05) is 13.0 Å². The van der Waals surface area contributed by atoms with Crippen LogP contribution in [-0.2, 0) is 11.2 Å². The topological polar surface area (TPSA) is 9.23 Å². The highest BCUT2D eigenvalue weighted by Gasteiger charge is 2.22. The summed E-state index contributed by atoms with van der Waals surface area (Å²) < 4.78 is 6.17. The minimum Gasteiger partial charge on any atom is -0.367 e. The molecule has 0 saturated heterocycles. The van der Waals surface area contributed by atoms with Crippen LogP contribution in [0.1, 0.15) is 39.7 Å². The van der Waals surface area contributed by atoms with Gasteiger partial charge in [0.2, 0.25) is 0 Å². The van der Waals surface area contributed by atoms with E-state index in [1.54, 1.807) is 0 Å². The molecule has 0 radical (unpaired) electrons. The van der Waals surface area contributed by atoms with Gasteiger partial charge in [-0.1, -0.05) is 81.1 Å². The Kier molecular flexibility index (Phi) is 10.1. The lowest BCUT2D eigenvalue weighted by atomic mass is 10.0. The van der Waals surface area contributed by atoms with Crippen LogP contribution in [0.3, 0.4) is 0 Å². The Morgan fingerprint density at radius 3 is 2.08 bits per heavy atom. The third-order valence-corrected chi connectivity index (χ3v) is 8.06. The van der Waals surface area contributed by atoms with Gasteiger partial charge in [-0.2, -0.15) is 0 Å². The molecule has 4 heteroatoms. The van der Waals surface area contributed by atoms with Crippen molar-refractivity contribution in [3.05, 3.63) is 29.8 Å². The minimum atomic E-state index is -1.12. The molecule has 0 N–H and O–H groups in total. The number of aryl methyl sites for hydroxylation is 1. The molecule has 0 aliphatic carbocycles. The van der Waals surface area contributed by atoms with Crippen LogP contribution in [0, 0.1) is 11.8 Å². The van der Waals surface area contributed by atoms with Crippen molar-refractivity contribution in [2.75, 3.05) is 6.61 Å². The lowest BCUT2D eigenvalue weighted by Crippen LogP contribution is -2.27. The van der Waals surface area contributed by atoms with E-state index in [1.807, 2.05) is 21.6 Å². The molecule has 24 heavy (non-hydrogen) atoms. The van der Waals surface area contributed by atoms with Gasteiger partial charge in [0.25, 0.3) is 0 Å². The zero-order valence-corrected chi connectivity index (χ0v) is 19.2. The second-order valence-corrected chi connectivity index (χ2v) is 16.6. The van der Waals surface area contributed by atoms with Gasteiger partial charge in [-0.15, -0.1) is 0 Å². The molecule has 0 saturated carbocycles. The van der Waals surface area contributed by atoms with Crippen LogP contribution >= 0.6 is 21.6 Å². The van der Waals surface area contributed by atoms with E-state index in [9.17, 15) is 0 Å². The van der Waals surface area contributed by atoms with Gasteiger partial charge in [0.05, 0.1) is 6.61 Å². The summed E-state index contributed by atoms with van der Waals surface area (Å²) in [6.45, 7) is 17.2. The molecule has 1 aromatic rings. The average molecular weight is 385 g/mol.